The second-order valence-electron chi connectivity index (χ2n) is 8.24. The molecule has 196 valence electrons. The zero-order chi connectivity index (χ0) is 26.5. The third kappa shape index (κ3) is 5.25. The Morgan fingerprint density at radius 2 is 1.41 bits per heavy atom. The third-order valence-electron chi connectivity index (χ3n) is 6.20. The molecule has 2 heterocycles. The molecule has 0 atom stereocenters. The first-order chi connectivity index (χ1) is 17.9. The summed E-state index contributed by atoms with van der Waals surface area (Å²) in [6.45, 7) is 2.18. The van der Waals surface area contributed by atoms with Gasteiger partial charge in [-0.15, -0.1) is 0 Å². The number of benzene rings is 2. The number of methoxy groups -OCH3 is 5. The monoisotopic (exact) mass is 509 g/mol. The van der Waals surface area contributed by atoms with Gasteiger partial charge in [0, 0.05) is 43.7 Å². The number of aromatic nitrogens is 2. The minimum absolute atomic E-state index is 0.0934. The van der Waals surface area contributed by atoms with Crippen LogP contribution in [0.1, 0.15) is 5.56 Å². The van der Waals surface area contributed by atoms with Crippen molar-refractivity contribution in [2.24, 2.45) is 0 Å². The third-order valence-corrected chi connectivity index (χ3v) is 6.20. The maximum Gasteiger partial charge on any atom is 0.246 e. The first-order valence-electron chi connectivity index (χ1n) is 11.6. The van der Waals surface area contributed by atoms with E-state index in [0.717, 1.165) is 5.56 Å². The van der Waals surface area contributed by atoms with Crippen LogP contribution >= 0.6 is 0 Å². The largest absolute Gasteiger partial charge is 0.493 e. The fraction of sp³-hybridized carbons (Fsp3) is 0.346. The number of carbonyl (C=O) groups excluding carboxylic acids is 1. The molecule has 1 saturated heterocycles. The summed E-state index contributed by atoms with van der Waals surface area (Å²) in [7, 11) is 7.78. The van der Waals surface area contributed by atoms with Crippen LogP contribution in [0.3, 0.4) is 0 Å². The average molecular weight is 510 g/mol. The Hall–Kier alpha value is -4.41. The van der Waals surface area contributed by atoms with E-state index in [2.05, 4.69) is 9.97 Å². The van der Waals surface area contributed by atoms with E-state index in [1.54, 1.807) is 76.9 Å². The number of hydrogen-bond acceptors (Lipinski definition) is 10. The van der Waals surface area contributed by atoms with Gasteiger partial charge in [0.25, 0.3) is 0 Å². The molecule has 2 N–H and O–H groups in total. The van der Waals surface area contributed by atoms with Crippen molar-refractivity contribution in [2.75, 3.05) is 72.4 Å². The van der Waals surface area contributed by atoms with E-state index in [4.69, 9.17) is 29.4 Å². The van der Waals surface area contributed by atoms with Crippen LogP contribution in [0.25, 0.3) is 17.0 Å². The van der Waals surface area contributed by atoms with Crippen LogP contribution in [0.2, 0.25) is 0 Å². The lowest BCUT2D eigenvalue weighted by atomic mass is 10.1. The van der Waals surface area contributed by atoms with Crippen molar-refractivity contribution in [1.29, 1.82) is 0 Å². The second-order valence-corrected chi connectivity index (χ2v) is 8.24. The van der Waals surface area contributed by atoms with Crippen LogP contribution in [0.4, 0.5) is 11.8 Å². The number of ether oxygens (including phenoxy) is 5. The van der Waals surface area contributed by atoms with Crippen LogP contribution in [-0.4, -0.2) is 82.5 Å². The molecule has 11 heteroatoms. The van der Waals surface area contributed by atoms with Crippen molar-refractivity contribution in [3.63, 3.8) is 0 Å². The van der Waals surface area contributed by atoms with E-state index in [-0.39, 0.29) is 5.91 Å². The van der Waals surface area contributed by atoms with E-state index < -0.39 is 0 Å². The predicted octanol–water partition coefficient (Wildman–Crippen LogP) is 2.62. The molecule has 0 spiro atoms. The van der Waals surface area contributed by atoms with Gasteiger partial charge < -0.3 is 39.2 Å². The highest BCUT2D eigenvalue weighted by atomic mass is 16.5. The zero-order valence-electron chi connectivity index (χ0n) is 21.6. The lowest BCUT2D eigenvalue weighted by Gasteiger charge is -2.34. The molecule has 4 rings (SSSR count). The SMILES string of the molecule is COc1cc2nc(N3CCN(C(=O)C=Cc4cc(OC)c(OC)c(OC)c4)CC3)nc(N)c2cc1OC. The van der Waals surface area contributed by atoms with Gasteiger partial charge in [-0.2, -0.15) is 4.98 Å². The molecule has 3 aromatic rings. The fourth-order valence-electron chi connectivity index (χ4n) is 4.21. The molecule has 1 fully saturated rings. The Morgan fingerprint density at radius 3 is 1.97 bits per heavy atom. The normalized spacial score (nSPS) is 13.6. The molecule has 0 radical (unpaired) electrons. The number of anilines is 2. The number of fused-ring (bicyclic) bond motifs is 1. The highest BCUT2D eigenvalue weighted by molar-refractivity contribution is 5.93. The van der Waals surface area contributed by atoms with Crippen molar-refractivity contribution < 1.29 is 28.5 Å². The summed E-state index contributed by atoms with van der Waals surface area (Å²) in [5.41, 5.74) is 7.65. The molecule has 37 heavy (non-hydrogen) atoms. The summed E-state index contributed by atoms with van der Waals surface area (Å²) in [5.74, 6) is 3.44. The maximum absolute atomic E-state index is 12.9. The standard InChI is InChI=1S/C26H31N5O6/c1-33-19-14-17-18(15-20(19)34-2)28-26(29-25(17)27)31-10-8-30(9-11-31)23(32)7-6-16-12-21(35-3)24(37-5)22(13-16)36-4/h6-7,12-15H,8-11H2,1-5H3,(H2,27,28,29). The van der Waals surface area contributed by atoms with Crippen LogP contribution < -0.4 is 34.3 Å². The minimum atomic E-state index is -0.0934. The highest BCUT2D eigenvalue weighted by Crippen LogP contribution is 2.38. The summed E-state index contributed by atoms with van der Waals surface area (Å²) in [6, 6.07) is 7.12. The molecule has 0 unspecified atom stereocenters. The van der Waals surface area contributed by atoms with Gasteiger partial charge in [-0.25, -0.2) is 4.98 Å². The van der Waals surface area contributed by atoms with E-state index in [9.17, 15) is 4.79 Å². The van der Waals surface area contributed by atoms with Crippen molar-refractivity contribution in [3.8, 4) is 28.7 Å². The number of nitrogens with zero attached hydrogens (tertiary/aromatic N) is 4. The van der Waals surface area contributed by atoms with Gasteiger partial charge in [0.05, 0.1) is 41.1 Å². The van der Waals surface area contributed by atoms with E-state index in [1.165, 1.54) is 0 Å². The van der Waals surface area contributed by atoms with E-state index >= 15 is 0 Å². The lowest BCUT2D eigenvalue weighted by Crippen LogP contribution is -2.48. The van der Waals surface area contributed by atoms with Crippen LogP contribution in [0.5, 0.6) is 28.7 Å². The number of hydrogen-bond donors (Lipinski definition) is 1. The number of nitrogen functional groups attached to an aromatic ring is 1. The highest BCUT2D eigenvalue weighted by Gasteiger charge is 2.23. The first-order valence-corrected chi connectivity index (χ1v) is 11.6. The van der Waals surface area contributed by atoms with Crippen LogP contribution in [0, 0.1) is 0 Å². The van der Waals surface area contributed by atoms with E-state index in [1.807, 2.05) is 4.90 Å². The molecule has 1 aromatic heterocycles. The summed E-state index contributed by atoms with van der Waals surface area (Å²) >= 11 is 0. The van der Waals surface area contributed by atoms with Crippen molar-refractivity contribution in [2.45, 2.75) is 0 Å². The van der Waals surface area contributed by atoms with Crippen molar-refractivity contribution in [3.05, 3.63) is 35.9 Å². The minimum Gasteiger partial charge on any atom is -0.493 e. The molecule has 1 aliphatic rings. The summed E-state index contributed by atoms with van der Waals surface area (Å²) in [6.07, 6.45) is 3.27. The van der Waals surface area contributed by atoms with Crippen molar-refractivity contribution >= 4 is 34.7 Å². The summed E-state index contributed by atoms with van der Waals surface area (Å²) in [5, 5.41) is 0.687. The molecule has 0 saturated carbocycles. The molecule has 0 aliphatic carbocycles. The Balaban J connectivity index is 1.45. The van der Waals surface area contributed by atoms with Gasteiger partial charge in [-0.05, 0) is 29.8 Å². The van der Waals surface area contributed by atoms with Crippen LogP contribution in [0.15, 0.2) is 30.3 Å². The Kier molecular flexibility index (Phi) is 7.71. The van der Waals surface area contributed by atoms with Gasteiger partial charge in [0.2, 0.25) is 17.6 Å². The molecule has 1 aliphatic heterocycles. The second kappa shape index (κ2) is 11.1. The van der Waals surface area contributed by atoms with E-state index in [0.29, 0.717) is 77.6 Å². The van der Waals surface area contributed by atoms with Gasteiger partial charge in [0.15, 0.2) is 23.0 Å². The summed E-state index contributed by atoms with van der Waals surface area (Å²) in [4.78, 5) is 25.8. The number of piperazine rings is 1. The Morgan fingerprint density at radius 1 is 0.811 bits per heavy atom. The quantitative estimate of drug-likeness (QED) is 0.454. The number of carbonyl (C=O) groups is 1. The first kappa shape index (κ1) is 25.7. The molecular formula is C26H31N5O6. The number of rotatable bonds is 8. The molecule has 2 aromatic carbocycles. The van der Waals surface area contributed by atoms with Gasteiger partial charge in [-0.1, -0.05) is 0 Å². The summed E-state index contributed by atoms with van der Waals surface area (Å²) < 4.78 is 26.9. The van der Waals surface area contributed by atoms with Crippen molar-refractivity contribution in [1.82, 2.24) is 14.9 Å². The van der Waals surface area contributed by atoms with Gasteiger partial charge in [-0.3, -0.25) is 4.79 Å². The Labute approximate surface area is 215 Å². The van der Waals surface area contributed by atoms with Gasteiger partial charge >= 0.3 is 0 Å². The Bertz CT molecular complexity index is 1300. The predicted molar refractivity (Wildman–Crippen MR) is 141 cm³/mol. The van der Waals surface area contributed by atoms with Crippen LogP contribution in [-0.2, 0) is 4.79 Å². The average Bonchev–Trinajstić information content (AvgIpc) is 2.94. The zero-order valence-corrected chi connectivity index (χ0v) is 21.6. The number of amides is 1. The number of nitrogens with two attached hydrogens (primary N) is 1. The molecular weight excluding hydrogens is 478 g/mol. The van der Waals surface area contributed by atoms with Gasteiger partial charge in [0.1, 0.15) is 5.82 Å². The topological polar surface area (TPSA) is 122 Å². The smallest absolute Gasteiger partial charge is 0.246 e. The maximum atomic E-state index is 12.9. The molecule has 0 bridgehead atoms. The molecule has 1 amide bonds. The lowest BCUT2D eigenvalue weighted by molar-refractivity contribution is -0.126. The molecule has 11 nitrogen and oxygen atoms in total. The fourth-order valence-corrected chi connectivity index (χ4v) is 4.21.